The molecule has 1 fully saturated rings. The molecular weight excluding hydrogens is 405 g/mol. The van der Waals surface area contributed by atoms with Crippen molar-refractivity contribution in [3.63, 3.8) is 0 Å². The van der Waals surface area contributed by atoms with Gasteiger partial charge in [-0.3, -0.25) is 9.69 Å². The zero-order chi connectivity index (χ0) is 20.3. The number of amides is 1. The number of nitrogens with zero attached hydrogens (tertiary/aromatic N) is 1. The molecule has 1 saturated heterocycles. The van der Waals surface area contributed by atoms with Crippen LogP contribution in [0.1, 0.15) is 5.56 Å². The molecule has 0 saturated carbocycles. The van der Waals surface area contributed by atoms with Gasteiger partial charge in [-0.1, -0.05) is 30.0 Å². The van der Waals surface area contributed by atoms with Gasteiger partial charge in [0.25, 0.3) is 5.91 Å². The summed E-state index contributed by atoms with van der Waals surface area (Å²) in [6.07, 6.45) is 1.65. The molecule has 2 aromatic carbocycles. The minimum Gasteiger partial charge on any atom is -0.493 e. The van der Waals surface area contributed by atoms with Gasteiger partial charge in [-0.15, -0.1) is 0 Å². The third-order valence-corrected chi connectivity index (χ3v) is 5.02. The van der Waals surface area contributed by atoms with Crippen molar-refractivity contribution >= 4 is 51.9 Å². The number of rotatable bonds is 6. The lowest BCUT2D eigenvalue weighted by Crippen LogP contribution is -2.27. The van der Waals surface area contributed by atoms with Gasteiger partial charge >= 0.3 is 5.97 Å². The molecule has 6 nitrogen and oxygen atoms in total. The monoisotopic (exact) mass is 419 g/mol. The van der Waals surface area contributed by atoms with E-state index in [0.29, 0.717) is 26.2 Å². The van der Waals surface area contributed by atoms with Crippen molar-refractivity contribution in [3.8, 4) is 11.5 Å². The lowest BCUT2D eigenvalue weighted by atomic mass is 10.2. The first-order valence-electron chi connectivity index (χ1n) is 7.95. The number of carbonyl (C=O) groups excluding carboxylic acids is 1. The van der Waals surface area contributed by atoms with Gasteiger partial charge in [0, 0.05) is 0 Å². The summed E-state index contributed by atoms with van der Waals surface area (Å²) < 4.78 is 23.9. The van der Waals surface area contributed by atoms with E-state index in [1.807, 2.05) is 0 Å². The maximum absolute atomic E-state index is 13.1. The SMILES string of the molecule is COc1cc(/C=C2/SC(=S)N(c3ccc(F)cc3)C2=O)ccc1OCC(=O)O. The molecule has 28 heavy (non-hydrogen) atoms. The molecule has 1 aliphatic heterocycles. The van der Waals surface area contributed by atoms with E-state index < -0.39 is 18.4 Å². The number of carboxylic acids is 1. The summed E-state index contributed by atoms with van der Waals surface area (Å²) >= 11 is 6.42. The zero-order valence-corrected chi connectivity index (χ0v) is 16.2. The summed E-state index contributed by atoms with van der Waals surface area (Å²) in [4.78, 5) is 25.1. The van der Waals surface area contributed by atoms with Crippen LogP contribution in [0.3, 0.4) is 0 Å². The Balaban J connectivity index is 1.85. The van der Waals surface area contributed by atoms with Crippen molar-refractivity contribution in [2.75, 3.05) is 18.6 Å². The van der Waals surface area contributed by atoms with Crippen LogP contribution in [0.25, 0.3) is 6.08 Å². The molecule has 1 amide bonds. The first kappa shape index (κ1) is 19.8. The number of hydrogen-bond acceptors (Lipinski definition) is 6. The van der Waals surface area contributed by atoms with Gasteiger partial charge in [0.2, 0.25) is 0 Å². The van der Waals surface area contributed by atoms with Crippen LogP contribution in [0.2, 0.25) is 0 Å². The smallest absolute Gasteiger partial charge is 0.341 e. The summed E-state index contributed by atoms with van der Waals surface area (Å²) in [6, 6.07) is 10.4. The fourth-order valence-electron chi connectivity index (χ4n) is 2.46. The van der Waals surface area contributed by atoms with E-state index in [-0.39, 0.29) is 11.7 Å². The Morgan fingerprint density at radius 3 is 2.61 bits per heavy atom. The molecule has 3 rings (SSSR count). The number of anilines is 1. The standard InChI is InChI=1S/C19H14FNO5S2/c1-25-15-8-11(2-7-14(15)26-10-17(22)23)9-16-18(24)21(19(27)28-16)13-5-3-12(20)4-6-13/h2-9H,10H2,1H3,(H,22,23)/b16-9+. The summed E-state index contributed by atoms with van der Waals surface area (Å²) in [6.45, 7) is -0.494. The van der Waals surface area contributed by atoms with Gasteiger partial charge < -0.3 is 14.6 Å². The topological polar surface area (TPSA) is 76.1 Å². The maximum atomic E-state index is 13.1. The highest BCUT2D eigenvalue weighted by molar-refractivity contribution is 8.27. The van der Waals surface area contributed by atoms with Crippen molar-refractivity contribution in [1.82, 2.24) is 0 Å². The van der Waals surface area contributed by atoms with Crippen LogP contribution < -0.4 is 14.4 Å². The number of thiocarbonyl (C=S) groups is 1. The fraction of sp³-hybridized carbons (Fsp3) is 0.105. The Kier molecular flexibility index (Phi) is 5.96. The van der Waals surface area contributed by atoms with Gasteiger partial charge in [-0.25, -0.2) is 9.18 Å². The number of thioether (sulfide) groups is 1. The van der Waals surface area contributed by atoms with E-state index in [1.165, 1.54) is 36.3 Å². The summed E-state index contributed by atoms with van der Waals surface area (Å²) in [7, 11) is 1.43. The minimum absolute atomic E-state index is 0.279. The van der Waals surface area contributed by atoms with Gasteiger partial charge in [0.1, 0.15) is 5.82 Å². The highest BCUT2D eigenvalue weighted by Gasteiger charge is 2.33. The molecular formula is C19H14FNO5S2. The largest absolute Gasteiger partial charge is 0.493 e. The molecule has 0 radical (unpaired) electrons. The molecule has 1 aliphatic rings. The Hall–Kier alpha value is -2.91. The Morgan fingerprint density at radius 2 is 1.96 bits per heavy atom. The van der Waals surface area contributed by atoms with Crippen LogP contribution in [0.4, 0.5) is 10.1 Å². The highest BCUT2D eigenvalue weighted by Crippen LogP contribution is 2.37. The third kappa shape index (κ3) is 4.32. The summed E-state index contributed by atoms with van der Waals surface area (Å²) in [5.74, 6) is -1.20. The molecule has 9 heteroatoms. The Morgan fingerprint density at radius 1 is 1.25 bits per heavy atom. The van der Waals surface area contributed by atoms with E-state index in [4.69, 9.17) is 26.8 Å². The maximum Gasteiger partial charge on any atom is 0.341 e. The van der Waals surface area contributed by atoms with Crippen molar-refractivity contribution in [3.05, 3.63) is 58.8 Å². The van der Waals surface area contributed by atoms with Crippen LogP contribution in [0.15, 0.2) is 47.4 Å². The first-order valence-corrected chi connectivity index (χ1v) is 9.17. The van der Waals surface area contributed by atoms with Crippen molar-refractivity contribution in [2.24, 2.45) is 0 Å². The summed E-state index contributed by atoms with van der Waals surface area (Å²) in [5.41, 5.74) is 1.14. The predicted molar refractivity (Wildman–Crippen MR) is 108 cm³/mol. The molecule has 0 atom stereocenters. The molecule has 0 spiro atoms. The van der Waals surface area contributed by atoms with E-state index in [1.54, 1.807) is 24.3 Å². The number of methoxy groups -OCH3 is 1. The fourth-order valence-corrected chi connectivity index (χ4v) is 3.76. The van der Waals surface area contributed by atoms with Crippen molar-refractivity contribution in [1.29, 1.82) is 0 Å². The van der Waals surface area contributed by atoms with Crippen LogP contribution in [-0.2, 0) is 9.59 Å². The van der Waals surface area contributed by atoms with Crippen molar-refractivity contribution < 1.29 is 28.6 Å². The second kappa shape index (κ2) is 8.41. The first-order chi connectivity index (χ1) is 13.4. The Bertz CT molecular complexity index is 975. The molecule has 1 N–H and O–H groups in total. The predicted octanol–water partition coefficient (Wildman–Crippen LogP) is 3.70. The van der Waals surface area contributed by atoms with Gasteiger partial charge in [-0.2, -0.15) is 0 Å². The van der Waals surface area contributed by atoms with E-state index in [9.17, 15) is 14.0 Å². The average Bonchev–Trinajstić information content (AvgIpc) is 2.94. The van der Waals surface area contributed by atoms with E-state index in [2.05, 4.69) is 0 Å². The second-order valence-electron chi connectivity index (χ2n) is 5.59. The number of carbonyl (C=O) groups is 2. The van der Waals surface area contributed by atoms with Gasteiger partial charge in [0.15, 0.2) is 22.4 Å². The zero-order valence-electron chi connectivity index (χ0n) is 14.5. The summed E-state index contributed by atoms with van der Waals surface area (Å²) in [5, 5.41) is 8.72. The molecule has 0 aromatic heterocycles. The molecule has 144 valence electrons. The lowest BCUT2D eigenvalue weighted by Gasteiger charge is -2.14. The number of hydrogen-bond donors (Lipinski definition) is 1. The van der Waals surface area contributed by atoms with E-state index >= 15 is 0 Å². The molecule has 1 heterocycles. The molecule has 2 aromatic rings. The number of carboxylic acid groups (broad SMARTS) is 1. The molecule has 0 bridgehead atoms. The van der Waals surface area contributed by atoms with Gasteiger partial charge in [0.05, 0.1) is 17.7 Å². The number of aliphatic carboxylic acids is 1. The average molecular weight is 419 g/mol. The minimum atomic E-state index is -1.10. The third-order valence-electron chi connectivity index (χ3n) is 3.72. The number of halogens is 1. The second-order valence-corrected chi connectivity index (χ2v) is 7.26. The highest BCUT2D eigenvalue weighted by atomic mass is 32.2. The van der Waals surface area contributed by atoms with Crippen LogP contribution in [0, 0.1) is 5.82 Å². The lowest BCUT2D eigenvalue weighted by molar-refractivity contribution is -0.139. The normalized spacial score (nSPS) is 15.2. The number of benzene rings is 2. The van der Waals surface area contributed by atoms with E-state index in [0.717, 1.165) is 11.8 Å². The Labute approximate surface area is 169 Å². The quantitative estimate of drug-likeness (QED) is 0.565. The van der Waals surface area contributed by atoms with Crippen molar-refractivity contribution in [2.45, 2.75) is 0 Å². The van der Waals surface area contributed by atoms with Crippen LogP contribution in [0.5, 0.6) is 11.5 Å². The molecule has 0 unspecified atom stereocenters. The van der Waals surface area contributed by atoms with Gasteiger partial charge in [-0.05, 0) is 48.0 Å². The van der Waals surface area contributed by atoms with Crippen LogP contribution in [-0.4, -0.2) is 35.0 Å². The van der Waals surface area contributed by atoms with Crippen LogP contribution >= 0.6 is 24.0 Å². The number of ether oxygens (including phenoxy) is 2. The molecule has 0 aliphatic carbocycles.